The maximum absolute atomic E-state index is 13.5. The highest BCUT2D eigenvalue weighted by molar-refractivity contribution is 8.03. The van der Waals surface area contributed by atoms with Crippen molar-refractivity contribution < 1.29 is 28.3 Å². The molecule has 210 valence electrons. The highest BCUT2D eigenvalue weighted by Crippen LogP contribution is 2.41. The second-order valence-electron chi connectivity index (χ2n) is 8.79. The van der Waals surface area contributed by atoms with Gasteiger partial charge in [0.05, 0.1) is 59.5 Å². The van der Waals surface area contributed by atoms with E-state index >= 15 is 0 Å². The lowest BCUT2D eigenvalue weighted by atomic mass is 9.85. The van der Waals surface area contributed by atoms with E-state index in [4.69, 9.17) is 13.9 Å². The molecule has 1 aliphatic rings. The van der Waals surface area contributed by atoms with Crippen LogP contribution in [0.15, 0.2) is 93.2 Å². The molecule has 41 heavy (non-hydrogen) atoms. The number of benzene rings is 2. The first-order valence-electron chi connectivity index (χ1n) is 12.6. The first-order valence-corrected chi connectivity index (χ1v) is 13.6. The molecule has 0 unspecified atom stereocenters. The van der Waals surface area contributed by atoms with E-state index in [2.05, 4.69) is 22.0 Å². The van der Waals surface area contributed by atoms with E-state index in [1.807, 2.05) is 0 Å². The van der Waals surface area contributed by atoms with Crippen molar-refractivity contribution in [1.82, 2.24) is 5.32 Å². The maximum Gasteiger partial charge on any atom is 0.338 e. The topological polar surface area (TPSA) is 143 Å². The molecule has 2 aromatic carbocycles. The van der Waals surface area contributed by atoms with Crippen molar-refractivity contribution in [3.05, 3.63) is 100 Å². The van der Waals surface area contributed by atoms with Gasteiger partial charge in [-0.05, 0) is 62.4 Å². The minimum absolute atomic E-state index is 0.0111. The second-order valence-corrected chi connectivity index (χ2v) is 9.77. The van der Waals surface area contributed by atoms with Crippen molar-refractivity contribution >= 4 is 40.9 Å². The molecule has 0 saturated heterocycles. The number of carbonyl (C=O) groups excluding carboxylic acids is 3. The summed E-state index contributed by atoms with van der Waals surface area (Å²) in [5.74, 6) is -0.958. The van der Waals surface area contributed by atoms with Gasteiger partial charge in [0, 0.05) is 23.1 Å². The molecule has 0 spiro atoms. The maximum atomic E-state index is 13.5. The van der Waals surface area contributed by atoms with Crippen LogP contribution < -0.4 is 20.7 Å². The summed E-state index contributed by atoms with van der Waals surface area (Å²) in [4.78, 5) is 38.2. The Morgan fingerprint density at radius 3 is 2.51 bits per heavy atom. The van der Waals surface area contributed by atoms with Crippen molar-refractivity contribution in [3.8, 4) is 11.8 Å². The average molecular weight is 573 g/mol. The number of nitriles is 1. The molecule has 3 aromatic rings. The molecule has 11 heteroatoms. The zero-order valence-corrected chi connectivity index (χ0v) is 23.5. The number of nitrogens with zero attached hydrogens (tertiary/aromatic N) is 1. The number of amides is 2. The monoisotopic (exact) mass is 572 g/mol. The number of thioether (sulfide) groups is 1. The summed E-state index contributed by atoms with van der Waals surface area (Å²) in [6.07, 6.45) is 1.47. The van der Waals surface area contributed by atoms with Crippen molar-refractivity contribution in [2.75, 3.05) is 30.1 Å². The predicted molar refractivity (Wildman–Crippen MR) is 155 cm³/mol. The van der Waals surface area contributed by atoms with Crippen LogP contribution in [0.4, 0.5) is 11.4 Å². The van der Waals surface area contributed by atoms with Crippen LogP contribution in [0.5, 0.6) is 5.75 Å². The Hall–Kier alpha value is -4.95. The second kappa shape index (κ2) is 13.4. The molecular formula is C30H28N4O6S. The van der Waals surface area contributed by atoms with Crippen molar-refractivity contribution in [2.45, 2.75) is 19.8 Å². The third-order valence-electron chi connectivity index (χ3n) is 6.07. The Labute approximate surface area is 241 Å². The van der Waals surface area contributed by atoms with Crippen LogP contribution in [-0.4, -0.2) is 37.3 Å². The van der Waals surface area contributed by atoms with Crippen LogP contribution in [0.25, 0.3) is 0 Å². The fourth-order valence-electron chi connectivity index (χ4n) is 4.21. The van der Waals surface area contributed by atoms with Gasteiger partial charge >= 0.3 is 5.97 Å². The molecule has 2 amide bonds. The fraction of sp³-hybridized carbons (Fsp3) is 0.200. The largest absolute Gasteiger partial charge is 0.497 e. The van der Waals surface area contributed by atoms with Gasteiger partial charge in [-0.1, -0.05) is 17.8 Å². The molecular weight excluding hydrogens is 544 g/mol. The van der Waals surface area contributed by atoms with Gasteiger partial charge in [0.15, 0.2) is 0 Å². The van der Waals surface area contributed by atoms with E-state index in [1.165, 1.54) is 6.26 Å². The zero-order valence-electron chi connectivity index (χ0n) is 22.6. The number of ether oxygens (including phenoxy) is 2. The van der Waals surface area contributed by atoms with Gasteiger partial charge in [-0.15, -0.1) is 0 Å². The molecule has 1 atom stereocenters. The molecule has 1 aliphatic heterocycles. The number of hydrogen-bond acceptors (Lipinski definition) is 9. The molecule has 0 fully saturated rings. The number of allylic oxidation sites excluding steroid dienone is 2. The van der Waals surface area contributed by atoms with Crippen molar-refractivity contribution in [3.63, 3.8) is 0 Å². The Kier molecular flexibility index (Phi) is 9.50. The summed E-state index contributed by atoms with van der Waals surface area (Å²) in [7, 11) is 1.54. The van der Waals surface area contributed by atoms with Gasteiger partial charge in [0.1, 0.15) is 11.5 Å². The molecule has 10 nitrogen and oxygen atoms in total. The van der Waals surface area contributed by atoms with E-state index in [9.17, 15) is 19.6 Å². The Balaban J connectivity index is 1.54. The number of methoxy groups -OCH3 is 1. The van der Waals surface area contributed by atoms with Gasteiger partial charge in [0.2, 0.25) is 5.91 Å². The Morgan fingerprint density at radius 2 is 1.85 bits per heavy atom. The quantitative estimate of drug-likeness (QED) is 0.280. The number of carbonyl (C=O) groups is 3. The normalized spacial score (nSPS) is 14.5. The van der Waals surface area contributed by atoms with Gasteiger partial charge < -0.3 is 29.8 Å². The smallest absolute Gasteiger partial charge is 0.338 e. The van der Waals surface area contributed by atoms with Crippen LogP contribution in [-0.2, 0) is 14.3 Å². The van der Waals surface area contributed by atoms with Gasteiger partial charge in [-0.2, -0.15) is 5.26 Å². The van der Waals surface area contributed by atoms with Crippen LogP contribution in [0.1, 0.15) is 35.9 Å². The number of hydrogen-bond donors (Lipinski definition) is 3. The highest BCUT2D eigenvalue weighted by Gasteiger charge is 2.36. The fourth-order valence-corrected chi connectivity index (χ4v) is 5.10. The van der Waals surface area contributed by atoms with E-state index in [0.29, 0.717) is 39.2 Å². The molecule has 2 heterocycles. The van der Waals surface area contributed by atoms with Gasteiger partial charge in [0.25, 0.3) is 5.91 Å². The molecule has 0 aliphatic carbocycles. The average Bonchev–Trinajstić information content (AvgIpc) is 3.51. The lowest BCUT2D eigenvalue weighted by Crippen LogP contribution is -2.31. The third-order valence-corrected chi connectivity index (χ3v) is 7.09. The summed E-state index contributed by atoms with van der Waals surface area (Å²) >= 11 is 1.15. The van der Waals surface area contributed by atoms with E-state index in [1.54, 1.807) is 81.6 Å². The van der Waals surface area contributed by atoms with Crippen LogP contribution >= 0.6 is 11.8 Å². The van der Waals surface area contributed by atoms with Gasteiger partial charge in [-0.25, -0.2) is 4.79 Å². The zero-order chi connectivity index (χ0) is 29.4. The van der Waals surface area contributed by atoms with Crippen LogP contribution in [0.3, 0.4) is 0 Å². The molecule has 0 radical (unpaired) electrons. The number of furan rings is 1. The van der Waals surface area contributed by atoms with E-state index in [0.717, 1.165) is 11.8 Å². The van der Waals surface area contributed by atoms with E-state index < -0.39 is 17.8 Å². The lowest BCUT2D eigenvalue weighted by molar-refractivity contribution is -0.114. The highest BCUT2D eigenvalue weighted by atomic mass is 32.2. The van der Waals surface area contributed by atoms with Crippen LogP contribution in [0.2, 0.25) is 0 Å². The molecule has 0 saturated carbocycles. The SMILES string of the molecule is CCOC(=O)c1ccc(NC(=O)C2=C(C)NC(SCC(=O)Nc3cccc(OC)c3)=C(C#N)[C@H]2c2ccco2)cc1. The number of dihydropyridines is 1. The minimum atomic E-state index is -0.806. The first-order chi connectivity index (χ1) is 19.8. The summed E-state index contributed by atoms with van der Waals surface area (Å²) < 4.78 is 15.8. The number of nitrogens with one attached hydrogen (secondary N) is 3. The summed E-state index contributed by atoms with van der Waals surface area (Å²) in [6.45, 7) is 3.70. The summed E-state index contributed by atoms with van der Waals surface area (Å²) in [5.41, 5.74) is 2.43. The van der Waals surface area contributed by atoms with Crippen molar-refractivity contribution in [1.29, 1.82) is 5.26 Å². The van der Waals surface area contributed by atoms with Crippen molar-refractivity contribution in [2.24, 2.45) is 0 Å². The number of anilines is 2. The number of rotatable bonds is 10. The summed E-state index contributed by atoms with van der Waals surface area (Å²) in [6, 6.07) is 18.9. The molecule has 3 N–H and O–H groups in total. The molecule has 4 rings (SSSR count). The van der Waals surface area contributed by atoms with E-state index in [-0.39, 0.29) is 29.4 Å². The first kappa shape index (κ1) is 29.0. The predicted octanol–water partition coefficient (Wildman–Crippen LogP) is 5.17. The lowest BCUT2D eigenvalue weighted by Gasteiger charge is -2.28. The van der Waals surface area contributed by atoms with Crippen LogP contribution in [0, 0.1) is 11.3 Å². The molecule has 1 aromatic heterocycles. The Bertz CT molecular complexity index is 1540. The Morgan fingerprint density at radius 1 is 1.07 bits per heavy atom. The third kappa shape index (κ3) is 6.98. The summed E-state index contributed by atoms with van der Waals surface area (Å²) in [5, 5.41) is 19.4. The minimum Gasteiger partial charge on any atom is -0.497 e. The standard InChI is InChI=1S/C30H28N4O6S/c1-4-39-30(37)19-10-12-20(13-11-19)34-28(36)26-18(2)32-29(23(16-31)27(26)24-9-6-14-40-24)41-17-25(35)33-21-7-5-8-22(15-21)38-3/h5-15,27,32H,4,17H2,1-3H3,(H,33,35)(H,34,36)/t27-/m0/s1. The van der Waals surface area contributed by atoms with Gasteiger partial charge in [-0.3, -0.25) is 9.59 Å². The molecule has 0 bridgehead atoms. The number of esters is 1.